The van der Waals surface area contributed by atoms with Crippen LogP contribution in [-0.2, 0) is 4.79 Å². The molecule has 2 aromatic carbocycles. The molecule has 0 bridgehead atoms. The number of hydrogen-bond acceptors (Lipinski definition) is 4. The molecule has 0 spiro atoms. The molecule has 25 heavy (non-hydrogen) atoms. The molecule has 0 heterocycles. The van der Waals surface area contributed by atoms with Gasteiger partial charge in [0.15, 0.2) is 11.5 Å². The Morgan fingerprint density at radius 2 is 1.88 bits per heavy atom. The van der Waals surface area contributed by atoms with E-state index < -0.39 is 5.97 Å². The SMILES string of the molecule is COc1cccc(C=CC(=O)O)c1OCCOc1cc(Cl)ccc1Cl. The lowest BCUT2D eigenvalue weighted by molar-refractivity contribution is -0.131. The molecule has 0 unspecified atom stereocenters. The number of benzene rings is 2. The van der Waals surface area contributed by atoms with Crippen molar-refractivity contribution in [1.82, 2.24) is 0 Å². The number of ether oxygens (including phenoxy) is 3. The van der Waals surface area contributed by atoms with Crippen LogP contribution in [0, 0.1) is 0 Å². The average Bonchev–Trinajstić information content (AvgIpc) is 2.59. The molecular formula is C18H16Cl2O5. The third kappa shape index (κ3) is 5.59. The first-order valence-electron chi connectivity index (χ1n) is 7.30. The third-order valence-corrected chi connectivity index (χ3v) is 3.66. The van der Waals surface area contributed by atoms with E-state index >= 15 is 0 Å². The molecule has 0 aromatic heterocycles. The van der Waals surface area contributed by atoms with E-state index in [-0.39, 0.29) is 13.2 Å². The average molecular weight is 383 g/mol. The number of carboxylic acids is 1. The largest absolute Gasteiger partial charge is 0.493 e. The minimum Gasteiger partial charge on any atom is -0.493 e. The Labute approximate surface area is 155 Å². The van der Waals surface area contributed by atoms with Crippen molar-refractivity contribution >= 4 is 35.2 Å². The normalized spacial score (nSPS) is 10.7. The molecule has 0 amide bonds. The predicted octanol–water partition coefficient (Wildman–Crippen LogP) is 4.56. The predicted molar refractivity (Wildman–Crippen MR) is 97.1 cm³/mol. The fourth-order valence-electron chi connectivity index (χ4n) is 2.02. The van der Waals surface area contributed by atoms with Crippen LogP contribution >= 0.6 is 23.2 Å². The monoisotopic (exact) mass is 382 g/mol. The highest BCUT2D eigenvalue weighted by atomic mass is 35.5. The van der Waals surface area contributed by atoms with E-state index in [1.54, 1.807) is 36.4 Å². The van der Waals surface area contributed by atoms with Gasteiger partial charge in [0.25, 0.3) is 0 Å². The first-order chi connectivity index (χ1) is 12.0. The molecule has 2 aromatic rings. The molecular weight excluding hydrogens is 367 g/mol. The van der Waals surface area contributed by atoms with Crippen LogP contribution in [-0.4, -0.2) is 31.4 Å². The van der Waals surface area contributed by atoms with Gasteiger partial charge in [-0.1, -0.05) is 35.3 Å². The zero-order chi connectivity index (χ0) is 18.2. The van der Waals surface area contributed by atoms with Crippen LogP contribution in [0.1, 0.15) is 5.56 Å². The van der Waals surface area contributed by atoms with Gasteiger partial charge >= 0.3 is 5.97 Å². The quantitative estimate of drug-likeness (QED) is 0.535. The summed E-state index contributed by atoms with van der Waals surface area (Å²) in [5.74, 6) is 0.341. The number of carboxylic acid groups (broad SMARTS) is 1. The molecule has 0 aliphatic heterocycles. The Hall–Kier alpha value is -2.37. The molecule has 0 atom stereocenters. The van der Waals surface area contributed by atoms with Gasteiger partial charge in [0.1, 0.15) is 19.0 Å². The van der Waals surface area contributed by atoms with E-state index in [1.165, 1.54) is 13.2 Å². The second-order valence-electron chi connectivity index (χ2n) is 4.82. The van der Waals surface area contributed by atoms with Gasteiger partial charge in [0.2, 0.25) is 0 Å². The van der Waals surface area contributed by atoms with Crippen molar-refractivity contribution in [2.45, 2.75) is 0 Å². The zero-order valence-corrected chi connectivity index (χ0v) is 14.9. The molecule has 1 N–H and O–H groups in total. The number of halogens is 2. The lowest BCUT2D eigenvalue weighted by Gasteiger charge is -2.14. The second-order valence-corrected chi connectivity index (χ2v) is 5.67. The van der Waals surface area contributed by atoms with E-state index in [0.29, 0.717) is 32.9 Å². The van der Waals surface area contributed by atoms with Gasteiger partial charge < -0.3 is 19.3 Å². The van der Waals surface area contributed by atoms with Gasteiger partial charge in [0, 0.05) is 22.7 Å². The lowest BCUT2D eigenvalue weighted by atomic mass is 10.1. The van der Waals surface area contributed by atoms with Crippen molar-refractivity contribution in [3.05, 3.63) is 58.1 Å². The minimum absolute atomic E-state index is 0.205. The third-order valence-electron chi connectivity index (χ3n) is 3.12. The molecule has 0 aliphatic rings. The Morgan fingerprint density at radius 1 is 1.12 bits per heavy atom. The summed E-state index contributed by atoms with van der Waals surface area (Å²) in [6, 6.07) is 10.1. The van der Waals surface area contributed by atoms with Gasteiger partial charge in [-0.3, -0.25) is 0 Å². The van der Waals surface area contributed by atoms with Crippen LogP contribution in [0.3, 0.4) is 0 Å². The van der Waals surface area contributed by atoms with Crippen LogP contribution in [0.5, 0.6) is 17.2 Å². The molecule has 0 fully saturated rings. The van der Waals surface area contributed by atoms with Crippen molar-refractivity contribution < 1.29 is 24.1 Å². The summed E-state index contributed by atoms with van der Waals surface area (Å²) in [6.07, 6.45) is 2.47. The van der Waals surface area contributed by atoms with Crippen molar-refractivity contribution in [2.75, 3.05) is 20.3 Å². The summed E-state index contributed by atoms with van der Waals surface area (Å²) in [5.41, 5.74) is 0.586. The Balaban J connectivity index is 2.04. The summed E-state index contributed by atoms with van der Waals surface area (Å²) in [4.78, 5) is 10.7. The van der Waals surface area contributed by atoms with Gasteiger partial charge in [-0.2, -0.15) is 0 Å². The highest BCUT2D eigenvalue weighted by Crippen LogP contribution is 2.32. The molecule has 5 nitrogen and oxygen atoms in total. The zero-order valence-electron chi connectivity index (χ0n) is 13.4. The van der Waals surface area contributed by atoms with E-state index in [2.05, 4.69) is 0 Å². The lowest BCUT2D eigenvalue weighted by Crippen LogP contribution is -2.10. The molecule has 0 saturated heterocycles. The second kappa shape index (κ2) is 9.20. The van der Waals surface area contributed by atoms with Gasteiger partial charge in [-0.05, 0) is 24.3 Å². The van der Waals surface area contributed by atoms with Crippen LogP contribution in [0.15, 0.2) is 42.5 Å². The molecule has 0 radical (unpaired) electrons. The van der Waals surface area contributed by atoms with Crippen molar-refractivity contribution in [3.8, 4) is 17.2 Å². The van der Waals surface area contributed by atoms with Gasteiger partial charge in [-0.15, -0.1) is 0 Å². The summed E-state index contributed by atoms with van der Waals surface area (Å²) in [7, 11) is 1.51. The molecule has 132 valence electrons. The number of para-hydroxylation sites is 1. The van der Waals surface area contributed by atoms with E-state index in [4.69, 9.17) is 42.5 Å². The van der Waals surface area contributed by atoms with E-state index in [9.17, 15) is 4.79 Å². The number of aliphatic carboxylic acids is 1. The highest BCUT2D eigenvalue weighted by Gasteiger charge is 2.10. The van der Waals surface area contributed by atoms with Crippen LogP contribution in [0.4, 0.5) is 0 Å². The van der Waals surface area contributed by atoms with Crippen molar-refractivity contribution in [3.63, 3.8) is 0 Å². The number of carbonyl (C=O) groups is 1. The summed E-state index contributed by atoms with van der Waals surface area (Å²) in [5, 5.41) is 9.75. The minimum atomic E-state index is -1.05. The highest BCUT2D eigenvalue weighted by molar-refractivity contribution is 6.34. The van der Waals surface area contributed by atoms with Crippen LogP contribution in [0.2, 0.25) is 10.0 Å². The molecule has 7 heteroatoms. The topological polar surface area (TPSA) is 65.0 Å². The summed E-state index contributed by atoms with van der Waals surface area (Å²) < 4.78 is 16.5. The Morgan fingerprint density at radius 3 is 2.60 bits per heavy atom. The maximum absolute atomic E-state index is 10.7. The molecule has 0 aliphatic carbocycles. The fourth-order valence-corrected chi connectivity index (χ4v) is 2.36. The van der Waals surface area contributed by atoms with Gasteiger partial charge in [-0.25, -0.2) is 4.79 Å². The Kier molecular flexibility index (Phi) is 6.98. The van der Waals surface area contributed by atoms with E-state index in [1.807, 2.05) is 0 Å². The van der Waals surface area contributed by atoms with Crippen LogP contribution < -0.4 is 14.2 Å². The van der Waals surface area contributed by atoms with E-state index in [0.717, 1.165) is 6.08 Å². The van der Waals surface area contributed by atoms with Crippen molar-refractivity contribution in [2.24, 2.45) is 0 Å². The Bertz CT molecular complexity index is 774. The first kappa shape index (κ1) is 19.0. The number of hydrogen-bond donors (Lipinski definition) is 1. The summed E-state index contributed by atoms with van der Waals surface area (Å²) in [6.45, 7) is 0.428. The number of methoxy groups -OCH3 is 1. The smallest absolute Gasteiger partial charge is 0.328 e. The fraction of sp³-hybridized carbons (Fsp3) is 0.167. The maximum atomic E-state index is 10.7. The molecule has 0 saturated carbocycles. The van der Waals surface area contributed by atoms with Crippen molar-refractivity contribution in [1.29, 1.82) is 0 Å². The van der Waals surface area contributed by atoms with Gasteiger partial charge in [0.05, 0.1) is 12.1 Å². The maximum Gasteiger partial charge on any atom is 0.328 e. The van der Waals surface area contributed by atoms with Crippen LogP contribution in [0.25, 0.3) is 6.08 Å². The standard InChI is InChI=1S/C18H16Cl2O5/c1-23-15-4-2-3-12(5-8-17(21)22)18(15)25-10-9-24-16-11-13(19)6-7-14(16)20/h2-8,11H,9-10H2,1H3,(H,21,22). The number of rotatable bonds is 8. The summed E-state index contributed by atoms with van der Waals surface area (Å²) >= 11 is 11.9. The first-order valence-corrected chi connectivity index (χ1v) is 8.05. The molecule has 2 rings (SSSR count).